The molecule has 1 rings (SSSR count). The average molecular weight is 216 g/mol. The number of carbonyl (C=O) groups is 1. The Hall–Kier alpha value is -0.220. The molecule has 0 spiro atoms. The normalized spacial score (nSPS) is 26.4. The van der Waals surface area contributed by atoms with Crippen molar-refractivity contribution < 1.29 is 4.79 Å². The van der Waals surface area contributed by atoms with Crippen molar-refractivity contribution in [3.8, 4) is 0 Å². The van der Waals surface area contributed by atoms with Crippen molar-refractivity contribution in [2.45, 2.75) is 56.2 Å². The molecule has 0 aromatic carbocycles. The maximum absolute atomic E-state index is 11.5. The van der Waals surface area contributed by atoms with Gasteiger partial charge in [0.05, 0.1) is 12.1 Å². The molecule has 1 heterocycles. The Labute approximate surface area is 90.2 Å². The molecule has 14 heavy (non-hydrogen) atoms. The van der Waals surface area contributed by atoms with E-state index in [1.165, 1.54) is 0 Å². The molecule has 1 atom stereocenters. The fourth-order valence-electron chi connectivity index (χ4n) is 2.20. The highest BCUT2D eigenvalue weighted by Crippen LogP contribution is 2.54. The summed E-state index contributed by atoms with van der Waals surface area (Å²) in [5, 5.41) is 3.01. The monoisotopic (exact) mass is 216 g/mol. The predicted octanol–water partition coefficient (Wildman–Crippen LogP) is 1.12. The molecule has 0 radical (unpaired) electrons. The third-order valence-electron chi connectivity index (χ3n) is 2.62. The quantitative estimate of drug-likeness (QED) is 0.727. The van der Waals surface area contributed by atoms with Crippen LogP contribution in [-0.4, -0.2) is 27.5 Å². The third kappa shape index (κ3) is 2.06. The first-order valence-electron chi connectivity index (χ1n) is 4.93. The number of thioether (sulfide) groups is 1. The van der Waals surface area contributed by atoms with Crippen LogP contribution in [-0.2, 0) is 4.79 Å². The number of hydrogen-bond acceptors (Lipinski definition) is 3. The van der Waals surface area contributed by atoms with Crippen LogP contribution in [0.15, 0.2) is 0 Å². The largest absolute Gasteiger partial charge is 0.349 e. The Balaban J connectivity index is 2.63. The Morgan fingerprint density at radius 2 is 1.79 bits per heavy atom. The van der Waals surface area contributed by atoms with Crippen LogP contribution in [0.2, 0.25) is 0 Å². The highest BCUT2D eigenvalue weighted by molar-refractivity contribution is 8.03. The molecule has 0 bridgehead atoms. The van der Waals surface area contributed by atoms with Crippen LogP contribution in [0.25, 0.3) is 0 Å². The van der Waals surface area contributed by atoms with Gasteiger partial charge in [0.1, 0.15) is 0 Å². The van der Waals surface area contributed by atoms with Crippen molar-refractivity contribution in [1.82, 2.24) is 5.32 Å². The third-order valence-corrected chi connectivity index (χ3v) is 4.14. The van der Waals surface area contributed by atoms with E-state index in [0.717, 1.165) is 0 Å². The number of rotatable bonds is 2. The van der Waals surface area contributed by atoms with E-state index in [2.05, 4.69) is 33.0 Å². The minimum atomic E-state index is -0.424. The molecule has 0 unspecified atom stereocenters. The summed E-state index contributed by atoms with van der Waals surface area (Å²) in [6.07, 6.45) is 0. The Morgan fingerprint density at radius 3 is 2.07 bits per heavy atom. The molecule has 0 saturated carbocycles. The van der Waals surface area contributed by atoms with E-state index in [4.69, 9.17) is 5.73 Å². The lowest BCUT2D eigenvalue weighted by Crippen LogP contribution is -2.68. The zero-order valence-corrected chi connectivity index (χ0v) is 10.4. The summed E-state index contributed by atoms with van der Waals surface area (Å²) in [4.78, 5) is 11.5. The van der Waals surface area contributed by atoms with Gasteiger partial charge in [-0.1, -0.05) is 0 Å². The first kappa shape index (κ1) is 11.9. The summed E-state index contributed by atoms with van der Waals surface area (Å²) in [6, 6.07) is -0.217. The summed E-state index contributed by atoms with van der Waals surface area (Å²) >= 11 is 1.89. The predicted molar refractivity (Wildman–Crippen MR) is 61.3 cm³/mol. The molecule has 4 heteroatoms. The molecule has 0 aromatic rings. The summed E-state index contributed by atoms with van der Waals surface area (Å²) in [5.74, 6) is -0.0588. The average Bonchev–Trinajstić information content (AvgIpc) is 1.96. The van der Waals surface area contributed by atoms with Crippen molar-refractivity contribution in [1.29, 1.82) is 0 Å². The van der Waals surface area contributed by atoms with Crippen LogP contribution < -0.4 is 11.1 Å². The van der Waals surface area contributed by atoms with E-state index in [-0.39, 0.29) is 21.4 Å². The van der Waals surface area contributed by atoms with Gasteiger partial charge in [0.2, 0.25) is 5.91 Å². The molecule has 1 aliphatic heterocycles. The SMILES string of the molecule is C[C@H](N)C(=O)NC1C(C)(C)SC1(C)C. The molecule has 3 nitrogen and oxygen atoms in total. The van der Waals surface area contributed by atoms with E-state index in [1.54, 1.807) is 6.92 Å². The smallest absolute Gasteiger partial charge is 0.236 e. The maximum atomic E-state index is 11.5. The summed E-state index contributed by atoms with van der Waals surface area (Å²) in [6.45, 7) is 10.3. The van der Waals surface area contributed by atoms with Crippen LogP contribution >= 0.6 is 11.8 Å². The van der Waals surface area contributed by atoms with Crippen molar-refractivity contribution in [2.24, 2.45) is 5.73 Å². The van der Waals surface area contributed by atoms with Gasteiger partial charge in [-0.3, -0.25) is 4.79 Å². The zero-order chi connectivity index (χ0) is 11.1. The van der Waals surface area contributed by atoms with E-state index < -0.39 is 6.04 Å². The van der Waals surface area contributed by atoms with Gasteiger partial charge in [0.15, 0.2) is 0 Å². The maximum Gasteiger partial charge on any atom is 0.236 e. The molecule has 1 aliphatic rings. The van der Waals surface area contributed by atoms with Crippen molar-refractivity contribution in [2.75, 3.05) is 0 Å². The zero-order valence-electron chi connectivity index (χ0n) is 9.55. The summed E-state index contributed by atoms with van der Waals surface area (Å²) in [5.41, 5.74) is 5.52. The number of hydrogen-bond donors (Lipinski definition) is 2. The van der Waals surface area contributed by atoms with E-state index in [1.807, 2.05) is 11.8 Å². The van der Waals surface area contributed by atoms with Crippen LogP contribution in [0.1, 0.15) is 34.6 Å². The Kier molecular flexibility index (Phi) is 2.89. The first-order chi connectivity index (χ1) is 6.17. The molecule has 3 N–H and O–H groups in total. The summed E-state index contributed by atoms with van der Waals surface area (Å²) < 4.78 is 0.238. The van der Waals surface area contributed by atoms with Gasteiger partial charge in [-0.2, -0.15) is 0 Å². The molecule has 1 amide bonds. The lowest BCUT2D eigenvalue weighted by Gasteiger charge is -2.56. The van der Waals surface area contributed by atoms with Gasteiger partial charge in [-0.05, 0) is 34.6 Å². The molecule has 1 saturated heterocycles. The second-order valence-electron chi connectivity index (χ2n) is 5.04. The van der Waals surface area contributed by atoms with E-state index in [0.29, 0.717) is 0 Å². The second kappa shape index (κ2) is 3.42. The number of nitrogens with two attached hydrogens (primary N) is 1. The minimum Gasteiger partial charge on any atom is -0.349 e. The lowest BCUT2D eigenvalue weighted by atomic mass is 9.89. The first-order valence-corrected chi connectivity index (χ1v) is 5.74. The van der Waals surface area contributed by atoms with E-state index in [9.17, 15) is 4.79 Å². The molecule has 0 aliphatic carbocycles. The number of carbonyl (C=O) groups excluding carboxylic acids is 1. The summed E-state index contributed by atoms with van der Waals surface area (Å²) in [7, 11) is 0. The fraction of sp³-hybridized carbons (Fsp3) is 0.900. The topological polar surface area (TPSA) is 55.1 Å². The second-order valence-corrected chi connectivity index (χ2v) is 7.35. The van der Waals surface area contributed by atoms with Gasteiger partial charge in [-0.25, -0.2) is 0 Å². The highest BCUT2D eigenvalue weighted by atomic mass is 32.2. The molecule has 82 valence electrons. The molecular formula is C10H20N2OS. The van der Waals surface area contributed by atoms with Gasteiger partial charge in [0.25, 0.3) is 0 Å². The fourth-order valence-corrected chi connectivity index (χ4v) is 4.31. The number of nitrogens with one attached hydrogen (secondary N) is 1. The van der Waals surface area contributed by atoms with E-state index >= 15 is 0 Å². The standard InChI is InChI=1S/C10H20N2OS/c1-6(11)7(13)12-8-9(2,3)14-10(8,4)5/h6,8H,11H2,1-5H3,(H,12,13)/t6-/m0/s1. The lowest BCUT2D eigenvalue weighted by molar-refractivity contribution is -0.123. The van der Waals surface area contributed by atoms with Crippen molar-refractivity contribution >= 4 is 17.7 Å². The van der Waals surface area contributed by atoms with Crippen LogP contribution in [0.5, 0.6) is 0 Å². The van der Waals surface area contributed by atoms with Gasteiger partial charge >= 0.3 is 0 Å². The van der Waals surface area contributed by atoms with Gasteiger partial charge < -0.3 is 11.1 Å². The van der Waals surface area contributed by atoms with Crippen molar-refractivity contribution in [3.63, 3.8) is 0 Å². The highest BCUT2D eigenvalue weighted by Gasteiger charge is 2.54. The van der Waals surface area contributed by atoms with Crippen LogP contribution in [0.4, 0.5) is 0 Å². The van der Waals surface area contributed by atoms with Crippen molar-refractivity contribution in [3.05, 3.63) is 0 Å². The minimum absolute atomic E-state index is 0.0588. The van der Waals surface area contributed by atoms with Gasteiger partial charge in [0, 0.05) is 9.49 Å². The Morgan fingerprint density at radius 1 is 1.36 bits per heavy atom. The molecule has 1 fully saturated rings. The number of amides is 1. The Bertz CT molecular complexity index is 235. The van der Waals surface area contributed by atoms with Crippen LogP contribution in [0.3, 0.4) is 0 Å². The van der Waals surface area contributed by atoms with Gasteiger partial charge in [-0.15, -0.1) is 11.8 Å². The molecular weight excluding hydrogens is 196 g/mol. The molecule has 0 aromatic heterocycles. The van der Waals surface area contributed by atoms with Crippen LogP contribution in [0, 0.1) is 0 Å².